The first kappa shape index (κ1) is 11.0. The number of hydrogen-bond donors (Lipinski definition) is 0. The Bertz CT molecular complexity index is 404. The van der Waals surface area contributed by atoms with E-state index in [1.54, 1.807) is 0 Å². The van der Waals surface area contributed by atoms with Gasteiger partial charge in [0, 0.05) is 30.8 Å². The predicted octanol–water partition coefficient (Wildman–Crippen LogP) is 2.31. The van der Waals surface area contributed by atoms with Crippen molar-refractivity contribution in [3.05, 3.63) is 29.3 Å². The molecule has 86 valence electrons. The summed E-state index contributed by atoms with van der Waals surface area (Å²) >= 11 is 0. The molecule has 1 saturated heterocycles. The first-order chi connectivity index (χ1) is 7.58. The van der Waals surface area contributed by atoms with Crippen LogP contribution in [0.5, 0.6) is 0 Å². The molecule has 0 amide bonds. The number of halogens is 2. The lowest BCUT2D eigenvalue weighted by atomic mass is 10.1. The maximum atomic E-state index is 13.6. The second kappa shape index (κ2) is 4.20. The van der Waals surface area contributed by atoms with E-state index < -0.39 is 11.6 Å². The van der Waals surface area contributed by atoms with Crippen LogP contribution in [0.25, 0.3) is 0 Å². The first-order valence-corrected chi connectivity index (χ1v) is 5.30. The Labute approximate surface area is 92.9 Å². The SMILES string of the molecule is CC(=O)Cc1c(F)cc(N2CCC2)cc1F. The van der Waals surface area contributed by atoms with Crippen molar-refractivity contribution >= 4 is 11.5 Å². The highest BCUT2D eigenvalue weighted by Gasteiger charge is 2.19. The molecule has 1 aromatic rings. The molecule has 0 atom stereocenters. The number of rotatable bonds is 3. The van der Waals surface area contributed by atoms with Crippen LogP contribution in [0, 0.1) is 11.6 Å². The molecule has 0 aromatic heterocycles. The van der Waals surface area contributed by atoms with Crippen LogP contribution in [-0.4, -0.2) is 18.9 Å². The van der Waals surface area contributed by atoms with E-state index in [2.05, 4.69) is 0 Å². The van der Waals surface area contributed by atoms with E-state index in [1.165, 1.54) is 19.1 Å². The summed E-state index contributed by atoms with van der Waals surface area (Å²) in [4.78, 5) is 12.8. The summed E-state index contributed by atoms with van der Waals surface area (Å²) in [6, 6.07) is 2.61. The van der Waals surface area contributed by atoms with Gasteiger partial charge in [-0.25, -0.2) is 8.78 Å². The topological polar surface area (TPSA) is 20.3 Å². The van der Waals surface area contributed by atoms with Crippen LogP contribution in [0.3, 0.4) is 0 Å². The second-order valence-electron chi connectivity index (χ2n) is 4.11. The fraction of sp³-hybridized carbons (Fsp3) is 0.417. The normalized spacial score (nSPS) is 14.8. The molecule has 16 heavy (non-hydrogen) atoms. The fourth-order valence-electron chi connectivity index (χ4n) is 1.76. The Morgan fingerprint density at radius 1 is 1.31 bits per heavy atom. The standard InChI is InChI=1S/C12H13F2NO/c1-8(16)5-10-11(13)6-9(7-12(10)14)15-3-2-4-15/h6-7H,2-5H2,1H3. The number of benzene rings is 1. The van der Waals surface area contributed by atoms with E-state index in [4.69, 9.17) is 0 Å². The zero-order valence-electron chi connectivity index (χ0n) is 9.09. The highest BCUT2D eigenvalue weighted by molar-refractivity contribution is 5.78. The number of carbonyl (C=O) groups excluding carboxylic acids is 1. The number of carbonyl (C=O) groups is 1. The van der Waals surface area contributed by atoms with Crippen molar-refractivity contribution in [2.75, 3.05) is 18.0 Å². The zero-order valence-corrected chi connectivity index (χ0v) is 9.09. The summed E-state index contributed by atoms with van der Waals surface area (Å²) in [7, 11) is 0. The monoisotopic (exact) mass is 225 g/mol. The van der Waals surface area contributed by atoms with Gasteiger partial charge < -0.3 is 4.90 Å². The molecule has 0 spiro atoms. The molecule has 1 fully saturated rings. The van der Waals surface area contributed by atoms with Crippen LogP contribution in [0.15, 0.2) is 12.1 Å². The van der Waals surface area contributed by atoms with Gasteiger partial charge in [-0.15, -0.1) is 0 Å². The molecule has 0 unspecified atom stereocenters. The highest BCUT2D eigenvalue weighted by atomic mass is 19.1. The van der Waals surface area contributed by atoms with Crippen molar-refractivity contribution in [1.29, 1.82) is 0 Å². The Balaban J connectivity index is 2.30. The third-order valence-electron chi connectivity index (χ3n) is 2.77. The largest absolute Gasteiger partial charge is 0.371 e. The minimum atomic E-state index is -0.628. The lowest BCUT2D eigenvalue weighted by Gasteiger charge is -2.33. The average Bonchev–Trinajstić information content (AvgIpc) is 2.08. The summed E-state index contributed by atoms with van der Waals surface area (Å²) in [5.74, 6) is -1.50. The van der Waals surface area contributed by atoms with E-state index in [0.29, 0.717) is 5.69 Å². The highest BCUT2D eigenvalue weighted by Crippen LogP contribution is 2.25. The molecule has 0 aliphatic carbocycles. The van der Waals surface area contributed by atoms with Crippen molar-refractivity contribution in [3.8, 4) is 0 Å². The molecule has 2 rings (SSSR count). The lowest BCUT2D eigenvalue weighted by molar-refractivity contribution is -0.116. The lowest BCUT2D eigenvalue weighted by Crippen LogP contribution is -2.37. The van der Waals surface area contributed by atoms with E-state index >= 15 is 0 Å². The van der Waals surface area contributed by atoms with Gasteiger partial charge in [0.2, 0.25) is 0 Å². The number of nitrogens with zero attached hydrogens (tertiary/aromatic N) is 1. The summed E-state index contributed by atoms with van der Waals surface area (Å²) in [5.41, 5.74) is 0.435. The van der Waals surface area contributed by atoms with Crippen LogP contribution >= 0.6 is 0 Å². The van der Waals surface area contributed by atoms with Gasteiger partial charge in [0.25, 0.3) is 0 Å². The summed E-state index contributed by atoms with van der Waals surface area (Å²) in [6.07, 6.45) is 0.871. The summed E-state index contributed by atoms with van der Waals surface area (Å²) in [5, 5.41) is 0. The summed E-state index contributed by atoms with van der Waals surface area (Å²) < 4.78 is 27.1. The first-order valence-electron chi connectivity index (χ1n) is 5.30. The predicted molar refractivity (Wildman–Crippen MR) is 57.6 cm³/mol. The molecule has 0 bridgehead atoms. The third-order valence-corrected chi connectivity index (χ3v) is 2.77. The second-order valence-corrected chi connectivity index (χ2v) is 4.11. The van der Waals surface area contributed by atoms with Crippen molar-refractivity contribution in [3.63, 3.8) is 0 Å². The maximum absolute atomic E-state index is 13.6. The molecular weight excluding hydrogens is 212 g/mol. The minimum absolute atomic E-state index is 0.128. The Kier molecular flexibility index (Phi) is 2.90. The van der Waals surface area contributed by atoms with Gasteiger partial charge in [0.1, 0.15) is 17.4 Å². The number of hydrogen-bond acceptors (Lipinski definition) is 2. The molecule has 0 saturated carbocycles. The molecule has 0 radical (unpaired) electrons. The van der Waals surface area contributed by atoms with Gasteiger partial charge in [-0.3, -0.25) is 4.79 Å². The molecule has 1 aromatic carbocycles. The summed E-state index contributed by atoms with van der Waals surface area (Å²) in [6.45, 7) is 3.00. The van der Waals surface area contributed by atoms with Gasteiger partial charge >= 0.3 is 0 Å². The Morgan fingerprint density at radius 3 is 2.25 bits per heavy atom. The average molecular weight is 225 g/mol. The number of ketones is 1. The van der Waals surface area contributed by atoms with Crippen molar-refractivity contribution in [2.45, 2.75) is 19.8 Å². The van der Waals surface area contributed by atoms with Crippen LogP contribution in [0.4, 0.5) is 14.5 Å². The van der Waals surface area contributed by atoms with Crippen molar-refractivity contribution in [1.82, 2.24) is 0 Å². The molecular formula is C12H13F2NO. The van der Waals surface area contributed by atoms with Gasteiger partial charge in [-0.05, 0) is 25.5 Å². The Hall–Kier alpha value is -1.45. The van der Waals surface area contributed by atoms with Gasteiger partial charge in [0.05, 0.1) is 0 Å². The fourth-order valence-corrected chi connectivity index (χ4v) is 1.76. The van der Waals surface area contributed by atoms with E-state index in [-0.39, 0.29) is 17.8 Å². The molecule has 4 heteroatoms. The van der Waals surface area contributed by atoms with E-state index in [0.717, 1.165) is 19.5 Å². The van der Waals surface area contributed by atoms with Gasteiger partial charge in [-0.2, -0.15) is 0 Å². The Morgan fingerprint density at radius 2 is 1.88 bits per heavy atom. The van der Waals surface area contributed by atoms with Gasteiger partial charge in [-0.1, -0.05) is 0 Å². The quantitative estimate of drug-likeness (QED) is 0.786. The van der Waals surface area contributed by atoms with Crippen molar-refractivity contribution in [2.24, 2.45) is 0 Å². The third kappa shape index (κ3) is 2.05. The van der Waals surface area contributed by atoms with E-state index in [1.807, 2.05) is 4.90 Å². The smallest absolute Gasteiger partial charge is 0.134 e. The van der Waals surface area contributed by atoms with Crippen LogP contribution < -0.4 is 4.90 Å². The van der Waals surface area contributed by atoms with Crippen molar-refractivity contribution < 1.29 is 13.6 Å². The molecule has 1 heterocycles. The van der Waals surface area contributed by atoms with Crippen LogP contribution in [0.1, 0.15) is 18.9 Å². The molecule has 0 N–H and O–H groups in total. The minimum Gasteiger partial charge on any atom is -0.371 e. The number of anilines is 1. The molecule has 1 aliphatic heterocycles. The van der Waals surface area contributed by atoms with Gasteiger partial charge in [0.15, 0.2) is 0 Å². The number of Topliss-reactive ketones (excluding diaryl/α,β-unsaturated/α-hetero) is 1. The van der Waals surface area contributed by atoms with Crippen LogP contribution in [-0.2, 0) is 11.2 Å². The van der Waals surface area contributed by atoms with E-state index in [9.17, 15) is 13.6 Å². The van der Waals surface area contributed by atoms with Crippen LogP contribution in [0.2, 0.25) is 0 Å². The zero-order chi connectivity index (χ0) is 11.7. The molecule has 1 aliphatic rings. The molecule has 2 nitrogen and oxygen atoms in total. The maximum Gasteiger partial charge on any atom is 0.134 e.